The number of nitrogens with two attached hydrogens (primary N) is 1. The van der Waals surface area contributed by atoms with Gasteiger partial charge in [-0.3, -0.25) is 0 Å². The van der Waals surface area contributed by atoms with Gasteiger partial charge in [0.1, 0.15) is 0 Å². The summed E-state index contributed by atoms with van der Waals surface area (Å²) in [7, 11) is 0. The van der Waals surface area contributed by atoms with Crippen LogP contribution < -0.4 is 5.73 Å². The highest BCUT2D eigenvalue weighted by Crippen LogP contribution is 2.15. The van der Waals surface area contributed by atoms with Gasteiger partial charge in [-0.25, -0.2) is 4.68 Å². The molecule has 0 saturated heterocycles. The largest absolute Gasteiger partial charge is 0.322 e. The molecule has 2 N–H and O–H groups in total. The smallest absolute Gasteiger partial charge is 0.167 e. The first-order valence-electron chi connectivity index (χ1n) is 4.69. The summed E-state index contributed by atoms with van der Waals surface area (Å²) in [6.07, 6.45) is 3.16. The van der Waals surface area contributed by atoms with Gasteiger partial charge in [0.25, 0.3) is 0 Å². The first-order chi connectivity index (χ1) is 6.66. The summed E-state index contributed by atoms with van der Waals surface area (Å²) in [5, 5.41) is 11.5. The van der Waals surface area contributed by atoms with E-state index in [1.807, 2.05) is 23.4 Å². The Labute approximate surface area is 88.4 Å². The molecule has 0 amide bonds. The lowest BCUT2D eigenvalue weighted by Crippen LogP contribution is -2.17. The second-order valence-electron chi connectivity index (χ2n) is 3.40. The fourth-order valence-corrected chi connectivity index (χ4v) is 1.80. The molecular formula is C8H17N5S. The third kappa shape index (κ3) is 2.68. The van der Waals surface area contributed by atoms with Crippen LogP contribution in [-0.2, 0) is 0 Å². The van der Waals surface area contributed by atoms with Gasteiger partial charge in [0.2, 0.25) is 0 Å². The maximum Gasteiger partial charge on any atom is 0.167 e. The second kappa shape index (κ2) is 5.31. The molecule has 1 rings (SSSR count). The number of tetrazole rings is 1. The highest BCUT2D eigenvalue weighted by atomic mass is 32.2. The zero-order valence-electron chi connectivity index (χ0n) is 8.84. The van der Waals surface area contributed by atoms with Crippen LogP contribution in [0.2, 0.25) is 0 Å². The van der Waals surface area contributed by atoms with E-state index in [-0.39, 0.29) is 6.04 Å². The van der Waals surface area contributed by atoms with Crippen LogP contribution >= 0.6 is 11.8 Å². The summed E-state index contributed by atoms with van der Waals surface area (Å²) < 4.78 is 1.82. The molecule has 80 valence electrons. The van der Waals surface area contributed by atoms with Crippen molar-refractivity contribution in [3.63, 3.8) is 0 Å². The third-order valence-corrected chi connectivity index (χ3v) is 2.73. The Bertz CT molecular complexity index is 272. The Morgan fingerprint density at radius 1 is 1.50 bits per heavy atom. The molecule has 2 atom stereocenters. The van der Waals surface area contributed by atoms with Crippen molar-refractivity contribution < 1.29 is 0 Å². The number of hydrogen-bond donors (Lipinski definition) is 1. The highest BCUT2D eigenvalue weighted by molar-refractivity contribution is 7.98. The summed E-state index contributed by atoms with van der Waals surface area (Å²) in [4.78, 5) is 0. The molecule has 0 fully saturated rings. The molecular weight excluding hydrogens is 198 g/mol. The molecule has 0 bridgehead atoms. The molecule has 1 aromatic rings. The maximum absolute atomic E-state index is 5.76. The second-order valence-corrected chi connectivity index (χ2v) is 4.39. The average Bonchev–Trinajstić information content (AvgIpc) is 2.62. The first-order valence-corrected chi connectivity index (χ1v) is 6.08. The van der Waals surface area contributed by atoms with Gasteiger partial charge in [0.05, 0.1) is 12.1 Å². The van der Waals surface area contributed by atoms with Gasteiger partial charge >= 0.3 is 0 Å². The van der Waals surface area contributed by atoms with Crippen LogP contribution in [0.3, 0.4) is 0 Å². The number of aromatic nitrogens is 4. The predicted octanol–water partition coefficient (Wildman–Crippen LogP) is 1.01. The van der Waals surface area contributed by atoms with Gasteiger partial charge in [-0.2, -0.15) is 11.8 Å². The number of nitrogens with zero attached hydrogens (tertiary/aromatic N) is 4. The lowest BCUT2D eigenvalue weighted by atomic mass is 10.2. The molecule has 0 radical (unpaired) electrons. The van der Waals surface area contributed by atoms with Gasteiger partial charge in [-0.1, -0.05) is 0 Å². The van der Waals surface area contributed by atoms with Crippen LogP contribution in [0, 0.1) is 0 Å². The minimum absolute atomic E-state index is 0.110. The Balaban J connectivity index is 2.68. The average molecular weight is 215 g/mol. The van der Waals surface area contributed by atoms with Crippen LogP contribution in [-0.4, -0.2) is 32.2 Å². The van der Waals surface area contributed by atoms with Crippen molar-refractivity contribution in [2.75, 3.05) is 12.0 Å². The van der Waals surface area contributed by atoms with Crippen molar-refractivity contribution in [1.29, 1.82) is 0 Å². The molecule has 2 unspecified atom stereocenters. The Morgan fingerprint density at radius 3 is 2.79 bits per heavy atom. The van der Waals surface area contributed by atoms with E-state index in [1.54, 1.807) is 0 Å². The standard InChI is InChI=1S/C8H17N5S/c1-6(4-5-14-3)13-8(7(2)9)10-11-12-13/h6-7H,4-5,9H2,1-3H3. The summed E-state index contributed by atoms with van der Waals surface area (Å²) in [5.74, 6) is 1.87. The number of thioether (sulfide) groups is 1. The number of rotatable bonds is 5. The van der Waals surface area contributed by atoms with Crippen LogP contribution in [0.5, 0.6) is 0 Å². The van der Waals surface area contributed by atoms with Crippen molar-refractivity contribution in [2.24, 2.45) is 5.73 Å². The van der Waals surface area contributed by atoms with Crippen LogP contribution in [0.25, 0.3) is 0 Å². The Morgan fingerprint density at radius 2 is 2.21 bits per heavy atom. The van der Waals surface area contributed by atoms with Crippen molar-refractivity contribution in [3.05, 3.63) is 5.82 Å². The topological polar surface area (TPSA) is 69.6 Å². The first kappa shape index (κ1) is 11.5. The van der Waals surface area contributed by atoms with E-state index in [4.69, 9.17) is 5.73 Å². The molecule has 0 aliphatic rings. The molecule has 14 heavy (non-hydrogen) atoms. The van der Waals surface area contributed by atoms with Crippen molar-refractivity contribution in [3.8, 4) is 0 Å². The van der Waals surface area contributed by atoms with Crippen molar-refractivity contribution >= 4 is 11.8 Å². The summed E-state index contributed by atoms with van der Waals surface area (Å²) in [6, 6.07) is 0.208. The minimum atomic E-state index is -0.110. The van der Waals surface area contributed by atoms with Crippen molar-refractivity contribution in [2.45, 2.75) is 32.4 Å². The molecule has 0 aliphatic carbocycles. The van der Waals surface area contributed by atoms with Crippen LogP contribution in [0.15, 0.2) is 0 Å². The van der Waals surface area contributed by atoms with E-state index in [0.29, 0.717) is 6.04 Å². The van der Waals surface area contributed by atoms with Crippen LogP contribution in [0.4, 0.5) is 0 Å². The van der Waals surface area contributed by atoms with Crippen molar-refractivity contribution in [1.82, 2.24) is 20.2 Å². The molecule has 0 aromatic carbocycles. The zero-order valence-corrected chi connectivity index (χ0v) is 9.66. The van der Waals surface area contributed by atoms with Gasteiger partial charge in [-0.15, -0.1) is 5.10 Å². The monoisotopic (exact) mass is 215 g/mol. The molecule has 0 saturated carbocycles. The highest BCUT2D eigenvalue weighted by Gasteiger charge is 2.15. The summed E-state index contributed by atoms with van der Waals surface area (Å²) in [5.41, 5.74) is 5.76. The quantitative estimate of drug-likeness (QED) is 0.793. The predicted molar refractivity (Wildman–Crippen MR) is 58.1 cm³/mol. The summed E-state index contributed by atoms with van der Waals surface area (Å²) >= 11 is 1.83. The number of hydrogen-bond acceptors (Lipinski definition) is 5. The third-order valence-electron chi connectivity index (χ3n) is 2.08. The fourth-order valence-electron chi connectivity index (χ4n) is 1.22. The Hall–Kier alpha value is -0.620. The zero-order chi connectivity index (χ0) is 10.6. The lowest BCUT2D eigenvalue weighted by Gasteiger charge is -2.13. The van der Waals surface area contributed by atoms with Gasteiger partial charge in [-0.05, 0) is 42.7 Å². The van der Waals surface area contributed by atoms with E-state index >= 15 is 0 Å². The molecule has 5 nitrogen and oxygen atoms in total. The molecule has 1 aromatic heterocycles. The SMILES string of the molecule is CSCCC(C)n1nnnc1C(C)N. The Kier molecular flexibility index (Phi) is 4.34. The minimum Gasteiger partial charge on any atom is -0.322 e. The van der Waals surface area contributed by atoms with E-state index in [1.165, 1.54) is 0 Å². The van der Waals surface area contributed by atoms with Gasteiger partial charge < -0.3 is 5.73 Å². The van der Waals surface area contributed by atoms with Gasteiger partial charge in [0, 0.05) is 0 Å². The molecule has 0 aliphatic heterocycles. The molecule has 6 heteroatoms. The lowest BCUT2D eigenvalue weighted by molar-refractivity contribution is 0.440. The molecule has 1 heterocycles. The molecule has 0 spiro atoms. The van der Waals surface area contributed by atoms with E-state index in [2.05, 4.69) is 28.7 Å². The normalized spacial score (nSPS) is 15.4. The summed E-state index contributed by atoms with van der Waals surface area (Å²) in [6.45, 7) is 4.00. The van der Waals surface area contributed by atoms with E-state index in [9.17, 15) is 0 Å². The van der Waals surface area contributed by atoms with E-state index in [0.717, 1.165) is 18.0 Å². The van der Waals surface area contributed by atoms with Gasteiger partial charge in [0.15, 0.2) is 5.82 Å². The van der Waals surface area contributed by atoms with E-state index < -0.39 is 0 Å². The maximum atomic E-state index is 5.76. The fraction of sp³-hybridized carbons (Fsp3) is 0.875. The van der Waals surface area contributed by atoms with Crippen LogP contribution in [0.1, 0.15) is 38.2 Å².